The molecule has 0 saturated heterocycles. The zero-order valence-corrected chi connectivity index (χ0v) is 9.53. The van der Waals surface area contributed by atoms with Crippen LogP contribution in [0.4, 0.5) is 4.39 Å². The van der Waals surface area contributed by atoms with Gasteiger partial charge in [0, 0.05) is 12.8 Å². The van der Waals surface area contributed by atoms with E-state index in [-0.39, 0.29) is 23.4 Å². The Morgan fingerprint density at radius 1 is 1.18 bits per heavy atom. The summed E-state index contributed by atoms with van der Waals surface area (Å²) in [6, 6.07) is 5.06. The van der Waals surface area contributed by atoms with Crippen LogP contribution in [0.3, 0.4) is 0 Å². The summed E-state index contributed by atoms with van der Waals surface area (Å²) >= 11 is 0. The van der Waals surface area contributed by atoms with Crippen molar-refractivity contribution in [3.63, 3.8) is 0 Å². The molecule has 0 aromatic heterocycles. The molecule has 0 saturated carbocycles. The molecule has 0 heterocycles. The Labute approximate surface area is 99.5 Å². The van der Waals surface area contributed by atoms with E-state index in [0.29, 0.717) is 31.2 Å². The fourth-order valence-corrected chi connectivity index (χ4v) is 3.35. The zero-order valence-electron chi connectivity index (χ0n) is 9.53. The fraction of sp³-hybridized carbons (Fsp3) is 0.500. The van der Waals surface area contributed by atoms with E-state index in [1.165, 1.54) is 6.07 Å². The Kier molecular flexibility index (Phi) is 2.51. The predicted octanol–water partition coefficient (Wildman–Crippen LogP) is 2.51. The summed E-state index contributed by atoms with van der Waals surface area (Å²) in [7, 11) is 0. The third-order valence-electron chi connectivity index (χ3n) is 4.00. The number of carbonyl (C=O) groups excluding carboxylic acids is 1. The van der Waals surface area contributed by atoms with Gasteiger partial charge >= 0.3 is 0 Å². The van der Waals surface area contributed by atoms with Crippen molar-refractivity contribution in [1.29, 1.82) is 0 Å². The van der Waals surface area contributed by atoms with Crippen molar-refractivity contribution in [2.24, 2.45) is 0 Å². The first-order valence-corrected chi connectivity index (χ1v) is 6.13. The van der Waals surface area contributed by atoms with Gasteiger partial charge in [0.15, 0.2) is 0 Å². The van der Waals surface area contributed by atoms with Crippen molar-refractivity contribution >= 4 is 5.78 Å². The summed E-state index contributed by atoms with van der Waals surface area (Å²) < 4.78 is 14.0. The largest absolute Gasteiger partial charge is 0.393 e. The highest BCUT2D eigenvalue weighted by Gasteiger charge is 2.36. The van der Waals surface area contributed by atoms with Gasteiger partial charge < -0.3 is 5.11 Å². The molecule has 0 aliphatic heterocycles. The predicted molar refractivity (Wildman–Crippen MR) is 61.4 cm³/mol. The SMILES string of the molecule is O=C1CC2CC(O)CC(C1)c1c(F)cccc12. The number of carbonyl (C=O) groups is 1. The molecule has 3 heteroatoms. The first-order chi connectivity index (χ1) is 8.15. The second kappa shape index (κ2) is 3.91. The van der Waals surface area contributed by atoms with Gasteiger partial charge in [0.2, 0.25) is 0 Å². The van der Waals surface area contributed by atoms with Crippen molar-refractivity contribution in [3.05, 3.63) is 35.1 Å². The molecule has 3 rings (SSSR count). The second-order valence-corrected chi connectivity index (χ2v) is 5.21. The van der Waals surface area contributed by atoms with E-state index in [1.807, 2.05) is 6.07 Å². The molecule has 0 spiro atoms. The highest BCUT2D eigenvalue weighted by Crippen LogP contribution is 2.44. The molecular formula is C14H15FO2. The summed E-state index contributed by atoms with van der Waals surface area (Å²) in [4.78, 5) is 11.8. The van der Waals surface area contributed by atoms with E-state index in [1.54, 1.807) is 6.07 Å². The van der Waals surface area contributed by atoms with E-state index < -0.39 is 6.10 Å². The summed E-state index contributed by atoms with van der Waals surface area (Å²) in [5.41, 5.74) is 1.62. The molecule has 90 valence electrons. The minimum absolute atomic E-state index is 0.00398. The van der Waals surface area contributed by atoms with E-state index in [0.717, 1.165) is 5.56 Å². The molecule has 2 aliphatic carbocycles. The minimum atomic E-state index is -0.412. The van der Waals surface area contributed by atoms with E-state index >= 15 is 0 Å². The zero-order chi connectivity index (χ0) is 12.0. The molecular weight excluding hydrogens is 219 g/mol. The Bertz CT molecular complexity index is 469. The fourth-order valence-electron chi connectivity index (χ4n) is 3.35. The number of hydrogen-bond donors (Lipinski definition) is 1. The van der Waals surface area contributed by atoms with Gasteiger partial charge in [0.05, 0.1) is 6.10 Å². The summed E-state index contributed by atoms with van der Waals surface area (Å²) in [6.07, 6.45) is 1.50. The van der Waals surface area contributed by atoms with Crippen molar-refractivity contribution in [2.45, 2.75) is 43.6 Å². The van der Waals surface area contributed by atoms with Crippen LogP contribution in [0.15, 0.2) is 18.2 Å². The van der Waals surface area contributed by atoms with Crippen LogP contribution < -0.4 is 0 Å². The van der Waals surface area contributed by atoms with Gasteiger partial charge in [-0.15, -0.1) is 0 Å². The van der Waals surface area contributed by atoms with Crippen molar-refractivity contribution < 1.29 is 14.3 Å². The maximum Gasteiger partial charge on any atom is 0.134 e. The Balaban J connectivity index is 2.18. The smallest absolute Gasteiger partial charge is 0.134 e. The molecule has 1 aromatic rings. The average Bonchev–Trinajstić information content (AvgIpc) is 2.44. The van der Waals surface area contributed by atoms with Gasteiger partial charge in [-0.3, -0.25) is 4.79 Å². The summed E-state index contributed by atoms with van der Waals surface area (Å²) in [5, 5.41) is 9.91. The summed E-state index contributed by atoms with van der Waals surface area (Å²) in [6.45, 7) is 0. The first kappa shape index (κ1) is 10.9. The lowest BCUT2D eigenvalue weighted by molar-refractivity contribution is -0.120. The molecule has 0 radical (unpaired) electrons. The molecule has 17 heavy (non-hydrogen) atoms. The maximum absolute atomic E-state index is 14.0. The van der Waals surface area contributed by atoms with Crippen molar-refractivity contribution in [2.75, 3.05) is 0 Å². The molecule has 2 bridgehead atoms. The summed E-state index contributed by atoms with van der Waals surface area (Å²) in [5.74, 6) is -0.166. The average molecular weight is 234 g/mol. The standard InChI is InChI=1S/C14H15FO2/c15-13-3-1-2-12-8-4-10(16)6-9(14(12)13)7-11(17)5-8/h1-3,8-10,16H,4-7H2. The lowest BCUT2D eigenvalue weighted by Crippen LogP contribution is -2.18. The number of halogens is 1. The number of ketones is 1. The van der Waals surface area contributed by atoms with Crippen LogP contribution >= 0.6 is 0 Å². The quantitative estimate of drug-likeness (QED) is 0.749. The van der Waals surface area contributed by atoms with Gasteiger partial charge in [-0.1, -0.05) is 12.1 Å². The minimum Gasteiger partial charge on any atom is -0.393 e. The molecule has 1 N–H and O–H groups in total. The Morgan fingerprint density at radius 2 is 1.88 bits per heavy atom. The third-order valence-corrected chi connectivity index (χ3v) is 4.00. The maximum atomic E-state index is 14.0. The second-order valence-electron chi connectivity index (χ2n) is 5.21. The Morgan fingerprint density at radius 3 is 2.71 bits per heavy atom. The van der Waals surface area contributed by atoms with Gasteiger partial charge in [-0.2, -0.15) is 0 Å². The monoisotopic (exact) mass is 234 g/mol. The number of rotatable bonds is 0. The van der Waals surface area contributed by atoms with Gasteiger partial charge in [0.25, 0.3) is 0 Å². The first-order valence-electron chi connectivity index (χ1n) is 6.13. The highest BCUT2D eigenvalue weighted by atomic mass is 19.1. The van der Waals surface area contributed by atoms with Crippen LogP contribution in [0.5, 0.6) is 0 Å². The molecule has 0 amide bonds. The number of Topliss-reactive ketones (excluding diaryl/α,β-unsaturated/α-hetero) is 1. The Hall–Kier alpha value is -1.22. The van der Waals surface area contributed by atoms with Crippen LogP contribution in [-0.4, -0.2) is 17.0 Å². The van der Waals surface area contributed by atoms with E-state index in [2.05, 4.69) is 0 Å². The molecule has 2 nitrogen and oxygen atoms in total. The molecule has 3 unspecified atom stereocenters. The number of aliphatic hydroxyl groups excluding tert-OH is 1. The van der Waals surface area contributed by atoms with Crippen LogP contribution in [-0.2, 0) is 4.79 Å². The van der Waals surface area contributed by atoms with Crippen LogP contribution in [0.2, 0.25) is 0 Å². The third kappa shape index (κ3) is 1.78. The van der Waals surface area contributed by atoms with Crippen molar-refractivity contribution in [1.82, 2.24) is 0 Å². The van der Waals surface area contributed by atoms with Crippen LogP contribution in [0.1, 0.15) is 48.6 Å². The van der Waals surface area contributed by atoms with Gasteiger partial charge in [0.1, 0.15) is 11.6 Å². The van der Waals surface area contributed by atoms with Crippen LogP contribution in [0.25, 0.3) is 0 Å². The van der Waals surface area contributed by atoms with E-state index in [4.69, 9.17) is 0 Å². The van der Waals surface area contributed by atoms with E-state index in [9.17, 15) is 14.3 Å². The van der Waals surface area contributed by atoms with Gasteiger partial charge in [-0.05, 0) is 41.9 Å². The lowest BCUT2D eigenvalue weighted by Gasteiger charge is -2.19. The highest BCUT2D eigenvalue weighted by molar-refractivity contribution is 5.81. The molecule has 0 fully saturated rings. The number of aliphatic hydroxyl groups is 1. The van der Waals surface area contributed by atoms with Crippen LogP contribution in [0, 0.1) is 5.82 Å². The molecule has 3 atom stereocenters. The molecule has 1 aromatic carbocycles. The lowest BCUT2D eigenvalue weighted by atomic mass is 9.88. The topological polar surface area (TPSA) is 37.3 Å². The van der Waals surface area contributed by atoms with Gasteiger partial charge in [-0.25, -0.2) is 4.39 Å². The molecule has 2 aliphatic rings. The number of hydrogen-bond acceptors (Lipinski definition) is 2. The normalized spacial score (nSPS) is 31.9. The number of benzene rings is 1. The van der Waals surface area contributed by atoms with Crippen molar-refractivity contribution in [3.8, 4) is 0 Å².